The van der Waals surface area contributed by atoms with Gasteiger partial charge in [0.15, 0.2) is 0 Å². The molecule has 2 unspecified atom stereocenters. The van der Waals surface area contributed by atoms with E-state index in [1.54, 1.807) is 0 Å². The van der Waals surface area contributed by atoms with Gasteiger partial charge in [0.1, 0.15) is 6.10 Å². The molecule has 1 saturated heterocycles. The van der Waals surface area contributed by atoms with Gasteiger partial charge in [0, 0.05) is 18.5 Å². The van der Waals surface area contributed by atoms with Gasteiger partial charge < -0.3 is 21.9 Å². The molecule has 2 amide bonds. The van der Waals surface area contributed by atoms with Crippen LogP contribution in [0.25, 0.3) is 0 Å². The van der Waals surface area contributed by atoms with Crippen molar-refractivity contribution < 1.29 is 14.7 Å². The van der Waals surface area contributed by atoms with Gasteiger partial charge in [0.2, 0.25) is 11.8 Å². The highest BCUT2D eigenvalue weighted by Crippen LogP contribution is 2.16. The molecule has 1 aliphatic rings. The molecule has 80 valence electrons. The third-order valence-electron chi connectivity index (χ3n) is 2.42. The van der Waals surface area contributed by atoms with Crippen LogP contribution in [-0.4, -0.2) is 35.6 Å². The lowest BCUT2D eigenvalue weighted by Crippen LogP contribution is -2.45. The van der Waals surface area contributed by atoms with E-state index in [0.717, 1.165) is 0 Å². The average molecular weight is 201 g/mol. The molecule has 0 aromatic rings. The first kappa shape index (κ1) is 10.9. The highest BCUT2D eigenvalue weighted by atomic mass is 16.3. The van der Waals surface area contributed by atoms with Crippen LogP contribution in [0.1, 0.15) is 12.8 Å². The van der Waals surface area contributed by atoms with Gasteiger partial charge >= 0.3 is 0 Å². The molecule has 0 radical (unpaired) electrons. The quantitative estimate of drug-likeness (QED) is 0.408. The summed E-state index contributed by atoms with van der Waals surface area (Å²) in [4.78, 5) is 21.7. The van der Waals surface area contributed by atoms with Crippen LogP contribution in [0.2, 0.25) is 0 Å². The maximum absolute atomic E-state index is 11.1. The van der Waals surface area contributed by atoms with Gasteiger partial charge in [-0.1, -0.05) is 0 Å². The number of nitrogens with one attached hydrogen (secondary N) is 1. The van der Waals surface area contributed by atoms with Crippen LogP contribution < -0.4 is 16.8 Å². The van der Waals surface area contributed by atoms with Crippen LogP contribution in [0.3, 0.4) is 0 Å². The van der Waals surface area contributed by atoms with E-state index in [2.05, 4.69) is 5.32 Å². The molecule has 0 aliphatic carbocycles. The molecular formula is C8H15N3O3. The number of hydrogen-bond acceptors (Lipinski definition) is 4. The molecule has 0 bridgehead atoms. The van der Waals surface area contributed by atoms with Crippen molar-refractivity contribution >= 4 is 11.8 Å². The van der Waals surface area contributed by atoms with Crippen LogP contribution >= 0.6 is 0 Å². The van der Waals surface area contributed by atoms with E-state index < -0.39 is 18.1 Å². The van der Waals surface area contributed by atoms with E-state index in [9.17, 15) is 14.7 Å². The molecule has 6 heteroatoms. The lowest BCUT2D eigenvalue weighted by Gasteiger charge is -2.17. The van der Waals surface area contributed by atoms with Crippen molar-refractivity contribution in [3.63, 3.8) is 0 Å². The first-order chi connectivity index (χ1) is 6.52. The van der Waals surface area contributed by atoms with Crippen molar-refractivity contribution in [1.82, 2.24) is 5.32 Å². The van der Waals surface area contributed by atoms with Crippen molar-refractivity contribution in [3.8, 4) is 0 Å². The molecule has 0 spiro atoms. The summed E-state index contributed by atoms with van der Waals surface area (Å²) < 4.78 is 0. The van der Waals surface area contributed by atoms with Gasteiger partial charge in [-0.05, 0) is 12.8 Å². The Kier molecular flexibility index (Phi) is 3.43. The normalized spacial score (nSPS) is 25.6. The Labute approximate surface area is 81.6 Å². The largest absolute Gasteiger partial charge is 0.382 e. The van der Waals surface area contributed by atoms with Crippen LogP contribution in [0.5, 0.6) is 0 Å². The lowest BCUT2D eigenvalue weighted by molar-refractivity contribution is -0.128. The van der Waals surface area contributed by atoms with E-state index in [0.29, 0.717) is 13.0 Å². The third-order valence-corrected chi connectivity index (χ3v) is 2.42. The van der Waals surface area contributed by atoms with Crippen molar-refractivity contribution in [3.05, 3.63) is 0 Å². The molecule has 6 N–H and O–H groups in total. The molecule has 1 aliphatic heterocycles. The van der Waals surface area contributed by atoms with E-state index in [1.165, 1.54) is 0 Å². The summed E-state index contributed by atoms with van der Waals surface area (Å²) in [5, 5.41) is 11.9. The number of rotatable bonds is 4. The zero-order chi connectivity index (χ0) is 10.7. The molecule has 1 fully saturated rings. The number of aliphatic hydroxyl groups is 1. The predicted molar refractivity (Wildman–Crippen MR) is 48.9 cm³/mol. The summed E-state index contributed by atoms with van der Waals surface area (Å²) in [7, 11) is 0. The van der Waals surface area contributed by atoms with E-state index in [1.807, 2.05) is 0 Å². The molecule has 1 heterocycles. The first-order valence-electron chi connectivity index (χ1n) is 4.53. The van der Waals surface area contributed by atoms with Crippen molar-refractivity contribution in [2.45, 2.75) is 25.0 Å². The first-order valence-corrected chi connectivity index (χ1v) is 4.53. The number of nitrogens with two attached hydrogens (primary N) is 2. The zero-order valence-electron chi connectivity index (χ0n) is 7.77. The molecule has 14 heavy (non-hydrogen) atoms. The van der Waals surface area contributed by atoms with E-state index >= 15 is 0 Å². The lowest BCUT2D eigenvalue weighted by atomic mass is 9.95. The molecule has 1 rings (SSSR count). The minimum absolute atomic E-state index is 0.0721. The fourth-order valence-electron chi connectivity index (χ4n) is 1.54. The van der Waals surface area contributed by atoms with Gasteiger partial charge in [0.05, 0.1) is 0 Å². The second-order valence-electron chi connectivity index (χ2n) is 3.52. The summed E-state index contributed by atoms with van der Waals surface area (Å²) in [5.74, 6) is -1.13. The number of primary amides is 1. The predicted octanol–water partition coefficient (Wildman–Crippen LogP) is -2.31. The van der Waals surface area contributed by atoms with Crippen molar-refractivity contribution in [2.75, 3.05) is 6.54 Å². The number of aliphatic hydroxyl groups excluding tert-OH is 1. The van der Waals surface area contributed by atoms with Crippen molar-refractivity contribution in [2.24, 2.45) is 17.4 Å². The Balaban J connectivity index is 2.43. The van der Waals surface area contributed by atoms with Crippen molar-refractivity contribution in [1.29, 1.82) is 0 Å². The van der Waals surface area contributed by atoms with Crippen LogP contribution in [-0.2, 0) is 9.59 Å². The van der Waals surface area contributed by atoms with Gasteiger partial charge in [0.25, 0.3) is 0 Å². The minimum atomic E-state index is -1.37. The second kappa shape index (κ2) is 4.39. The SMILES string of the molecule is NC(=O)C(O)C(N)C[C@@H]1CCNC1=O. The summed E-state index contributed by atoms with van der Waals surface area (Å²) in [6, 6.07) is -0.763. The van der Waals surface area contributed by atoms with Gasteiger partial charge in [-0.15, -0.1) is 0 Å². The number of amides is 2. The fourth-order valence-corrected chi connectivity index (χ4v) is 1.54. The minimum Gasteiger partial charge on any atom is -0.382 e. The monoisotopic (exact) mass is 201 g/mol. The van der Waals surface area contributed by atoms with Crippen LogP contribution in [0, 0.1) is 5.92 Å². The highest BCUT2D eigenvalue weighted by Gasteiger charge is 2.30. The fraction of sp³-hybridized carbons (Fsp3) is 0.750. The maximum Gasteiger partial charge on any atom is 0.247 e. The Morgan fingerprint density at radius 3 is 2.79 bits per heavy atom. The van der Waals surface area contributed by atoms with E-state index in [-0.39, 0.29) is 18.2 Å². The summed E-state index contributed by atoms with van der Waals surface area (Å²) in [6.07, 6.45) is -0.392. The Morgan fingerprint density at radius 2 is 2.36 bits per heavy atom. The number of carbonyl (C=O) groups is 2. The molecule has 3 atom stereocenters. The smallest absolute Gasteiger partial charge is 0.247 e. The maximum atomic E-state index is 11.1. The molecule has 0 saturated carbocycles. The van der Waals surface area contributed by atoms with Crippen LogP contribution in [0.4, 0.5) is 0 Å². The number of hydrogen-bond donors (Lipinski definition) is 4. The average Bonchev–Trinajstić information content (AvgIpc) is 2.50. The summed E-state index contributed by atoms with van der Waals surface area (Å²) in [6.45, 7) is 0.628. The third kappa shape index (κ3) is 2.43. The van der Waals surface area contributed by atoms with E-state index in [4.69, 9.17) is 11.5 Å². The standard InChI is InChI=1S/C8H15N3O3/c9-5(6(12)7(10)13)3-4-1-2-11-8(4)14/h4-6,12H,1-3,9H2,(H2,10,13)(H,11,14)/t4-,5?,6?/m0/s1. The zero-order valence-corrected chi connectivity index (χ0v) is 7.77. The highest BCUT2D eigenvalue weighted by molar-refractivity contribution is 5.81. The van der Waals surface area contributed by atoms with Crippen LogP contribution in [0.15, 0.2) is 0 Å². The summed E-state index contributed by atoms with van der Waals surface area (Å²) >= 11 is 0. The molecular weight excluding hydrogens is 186 g/mol. The Hall–Kier alpha value is -1.14. The topological polar surface area (TPSA) is 118 Å². The van der Waals surface area contributed by atoms with Gasteiger partial charge in [-0.25, -0.2) is 0 Å². The molecule has 0 aromatic heterocycles. The Bertz CT molecular complexity index is 244. The van der Waals surface area contributed by atoms with Gasteiger partial charge in [-0.2, -0.15) is 0 Å². The molecule has 0 aromatic carbocycles. The summed E-state index contributed by atoms with van der Waals surface area (Å²) in [5.41, 5.74) is 10.4. The molecule has 6 nitrogen and oxygen atoms in total. The second-order valence-corrected chi connectivity index (χ2v) is 3.52. The van der Waals surface area contributed by atoms with Gasteiger partial charge in [-0.3, -0.25) is 9.59 Å². The number of carbonyl (C=O) groups excluding carboxylic acids is 2. The Morgan fingerprint density at radius 1 is 1.71 bits per heavy atom.